The predicted octanol–water partition coefficient (Wildman–Crippen LogP) is 5.36. The number of halogens is 4. The zero-order valence-corrected chi connectivity index (χ0v) is 18.0. The Labute approximate surface area is 191 Å². The number of hydrogen-bond acceptors (Lipinski definition) is 4. The van der Waals surface area contributed by atoms with E-state index in [1.54, 1.807) is 0 Å². The number of hydrogen-bond donors (Lipinski definition) is 3. The van der Waals surface area contributed by atoms with Crippen molar-refractivity contribution in [2.45, 2.75) is 11.1 Å². The van der Waals surface area contributed by atoms with E-state index in [4.69, 9.17) is 11.6 Å². The molecule has 1 aliphatic heterocycles. The van der Waals surface area contributed by atoms with Crippen LogP contribution in [0.2, 0.25) is 5.02 Å². The molecule has 3 aromatic rings. The van der Waals surface area contributed by atoms with Crippen LogP contribution in [0.15, 0.2) is 65.6 Å². The SMILES string of the molecule is O=C1Nc2ccc(S(=O)(=O)Nc3ccc(C(F)(F)F)cc3)cc2C1=Cc1ccc(O)cc1Cl. The van der Waals surface area contributed by atoms with E-state index >= 15 is 0 Å². The van der Waals surface area contributed by atoms with E-state index in [1.165, 1.54) is 42.5 Å². The van der Waals surface area contributed by atoms with Crippen molar-refractivity contribution in [1.29, 1.82) is 0 Å². The first-order chi connectivity index (χ1) is 15.4. The first-order valence-corrected chi connectivity index (χ1v) is 11.2. The van der Waals surface area contributed by atoms with Gasteiger partial charge in [0.25, 0.3) is 15.9 Å². The Morgan fingerprint density at radius 2 is 1.70 bits per heavy atom. The molecule has 0 bridgehead atoms. The largest absolute Gasteiger partial charge is 0.508 e. The number of alkyl halides is 3. The molecule has 0 spiro atoms. The number of phenolic OH excluding ortho intramolecular Hbond substituents is 1. The molecule has 0 unspecified atom stereocenters. The van der Waals surface area contributed by atoms with Gasteiger partial charge in [-0.25, -0.2) is 8.42 Å². The Kier molecular flexibility index (Phi) is 5.59. The van der Waals surface area contributed by atoms with Gasteiger partial charge in [-0.3, -0.25) is 9.52 Å². The number of rotatable bonds is 4. The molecule has 6 nitrogen and oxygen atoms in total. The molecule has 0 aromatic heterocycles. The summed E-state index contributed by atoms with van der Waals surface area (Å²) in [5.74, 6) is -0.527. The highest BCUT2D eigenvalue weighted by Crippen LogP contribution is 2.37. The lowest BCUT2D eigenvalue weighted by Gasteiger charge is -2.11. The van der Waals surface area contributed by atoms with Gasteiger partial charge in [0.1, 0.15) is 5.75 Å². The summed E-state index contributed by atoms with van der Waals surface area (Å²) in [6.45, 7) is 0. The van der Waals surface area contributed by atoms with Crippen LogP contribution in [0.25, 0.3) is 11.6 Å². The number of benzene rings is 3. The lowest BCUT2D eigenvalue weighted by atomic mass is 10.0. The summed E-state index contributed by atoms with van der Waals surface area (Å²) in [7, 11) is -4.17. The second-order valence-corrected chi connectivity index (χ2v) is 9.20. The molecule has 4 rings (SSSR count). The standard InChI is InChI=1S/C22H14ClF3N2O4S/c23-19-10-15(29)6-1-12(19)9-18-17-11-16(7-8-20(17)27-21(18)30)33(31,32)28-14-4-2-13(3-5-14)22(24,25)26/h1-11,28-29H,(H,27,30). The van der Waals surface area contributed by atoms with Gasteiger partial charge < -0.3 is 10.4 Å². The number of phenols is 1. The van der Waals surface area contributed by atoms with Gasteiger partial charge in [-0.1, -0.05) is 11.6 Å². The van der Waals surface area contributed by atoms with E-state index in [1.807, 2.05) is 0 Å². The Morgan fingerprint density at radius 1 is 1.00 bits per heavy atom. The summed E-state index contributed by atoms with van der Waals surface area (Å²) in [4.78, 5) is 12.3. The molecule has 0 atom stereocenters. The van der Waals surface area contributed by atoms with Crippen molar-refractivity contribution < 1.29 is 31.5 Å². The van der Waals surface area contributed by atoms with Crippen LogP contribution in [0.1, 0.15) is 16.7 Å². The summed E-state index contributed by atoms with van der Waals surface area (Å²) >= 11 is 6.10. The molecule has 1 aliphatic rings. The van der Waals surface area contributed by atoms with Crippen molar-refractivity contribution in [3.63, 3.8) is 0 Å². The fourth-order valence-corrected chi connectivity index (χ4v) is 4.52. The molecule has 0 saturated carbocycles. The molecule has 33 heavy (non-hydrogen) atoms. The van der Waals surface area contributed by atoms with Gasteiger partial charge in [0, 0.05) is 22.5 Å². The van der Waals surface area contributed by atoms with Crippen molar-refractivity contribution in [3.8, 4) is 5.75 Å². The maximum absolute atomic E-state index is 12.8. The molecular formula is C22H14ClF3N2O4S. The third-order valence-electron chi connectivity index (χ3n) is 4.83. The minimum Gasteiger partial charge on any atom is -0.508 e. The van der Waals surface area contributed by atoms with E-state index in [2.05, 4.69) is 10.0 Å². The quantitative estimate of drug-likeness (QED) is 0.426. The van der Waals surface area contributed by atoms with Gasteiger partial charge in [-0.15, -0.1) is 0 Å². The Hall–Kier alpha value is -3.50. The van der Waals surface area contributed by atoms with E-state index in [-0.39, 0.29) is 26.9 Å². The van der Waals surface area contributed by atoms with Crippen molar-refractivity contribution in [1.82, 2.24) is 0 Å². The van der Waals surface area contributed by atoms with Crippen molar-refractivity contribution in [3.05, 3.63) is 82.4 Å². The molecule has 0 aliphatic carbocycles. The molecule has 1 amide bonds. The number of carbonyl (C=O) groups is 1. The van der Waals surface area contributed by atoms with Crippen LogP contribution in [0.3, 0.4) is 0 Å². The van der Waals surface area contributed by atoms with Crippen LogP contribution in [0, 0.1) is 0 Å². The van der Waals surface area contributed by atoms with Gasteiger partial charge in [0.2, 0.25) is 0 Å². The summed E-state index contributed by atoms with van der Waals surface area (Å²) < 4.78 is 66.0. The molecule has 11 heteroatoms. The highest BCUT2D eigenvalue weighted by atomic mass is 35.5. The lowest BCUT2D eigenvalue weighted by molar-refractivity contribution is -0.137. The molecular weight excluding hydrogens is 481 g/mol. The van der Waals surface area contributed by atoms with E-state index in [0.717, 1.165) is 24.3 Å². The second-order valence-electron chi connectivity index (χ2n) is 7.11. The van der Waals surface area contributed by atoms with Gasteiger partial charge in [0.15, 0.2) is 0 Å². The first kappa shape index (κ1) is 22.7. The molecule has 3 N–H and O–H groups in total. The van der Waals surface area contributed by atoms with Crippen LogP contribution in [-0.4, -0.2) is 19.4 Å². The highest BCUT2D eigenvalue weighted by Gasteiger charge is 2.30. The number of carbonyl (C=O) groups excluding carboxylic acids is 1. The maximum atomic E-state index is 12.8. The summed E-state index contributed by atoms with van der Waals surface area (Å²) in [5.41, 5.74) is 0.321. The average molecular weight is 495 g/mol. The normalized spacial score (nSPS) is 14.8. The topological polar surface area (TPSA) is 95.5 Å². The molecule has 1 heterocycles. The van der Waals surface area contributed by atoms with Crippen molar-refractivity contribution >= 4 is 50.6 Å². The Balaban J connectivity index is 1.67. The van der Waals surface area contributed by atoms with Crippen molar-refractivity contribution in [2.24, 2.45) is 0 Å². The minimum absolute atomic E-state index is 0.0515. The van der Waals surface area contributed by atoms with E-state index < -0.39 is 27.7 Å². The molecule has 170 valence electrons. The van der Waals surface area contributed by atoms with Gasteiger partial charge in [0.05, 0.1) is 15.5 Å². The van der Waals surface area contributed by atoms with E-state index in [9.17, 15) is 31.5 Å². The first-order valence-electron chi connectivity index (χ1n) is 9.30. The molecule has 0 fully saturated rings. The predicted molar refractivity (Wildman–Crippen MR) is 118 cm³/mol. The number of aromatic hydroxyl groups is 1. The van der Waals surface area contributed by atoms with Crippen molar-refractivity contribution in [2.75, 3.05) is 10.0 Å². The Morgan fingerprint density at radius 3 is 2.33 bits per heavy atom. The van der Waals surface area contributed by atoms with Crippen LogP contribution >= 0.6 is 11.6 Å². The number of fused-ring (bicyclic) bond motifs is 1. The van der Waals surface area contributed by atoms with E-state index in [0.29, 0.717) is 16.8 Å². The van der Waals surface area contributed by atoms with Gasteiger partial charge in [-0.2, -0.15) is 13.2 Å². The Bertz CT molecular complexity index is 1400. The second kappa shape index (κ2) is 8.13. The summed E-state index contributed by atoms with van der Waals surface area (Å²) in [5, 5.41) is 12.3. The minimum atomic E-state index is -4.54. The molecule has 0 radical (unpaired) electrons. The number of nitrogens with one attached hydrogen (secondary N) is 2. The zero-order valence-electron chi connectivity index (χ0n) is 16.4. The third-order valence-corrected chi connectivity index (χ3v) is 6.54. The third kappa shape index (κ3) is 4.67. The summed E-state index contributed by atoms with van der Waals surface area (Å²) in [6, 6.07) is 11.7. The monoisotopic (exact) mass is 494 g/mol. The smallest absolute Gasteiger partial charge is 0.416 e. The summed E-state index contributed by atoms with van der Waals surface area (Å²) in [6.07, 6.45) is -3.08. The lowest BCUT2D eigenvalue weighted by Crippen LogP contribution is -2.13. The fraction of sp³-hybridized carbons (Fsp3) is 0.0455. The van der Waals surface area contributed by atoms with Crippen LogP contribution in [0.4, 0.5) is 24.5 Å². The zero-order chi connectivity index (χ0) is 24.0. The number of amides is 1. The average Bonchev–Trinajstić information content (AvgIpc) is 3.04. The van der Waals surface area contributed by atoms with Gasteiger partial charge >= 0.3 is 6.18 Å². The van der Waals surface area contributed by atoms with Crippen LogP contribution < -0.4 is 10.0 Å². The number of anilines is 2. The van der Waals surface area contributed by atoms with Gasteiger partial charge in [-0.05, 0) is 72.3 Å². The molecule has 3 aromatic carbocycles. The molecule has 0 saturated heterocycles. The van der Waals surface area contributed by atoms with Crippen LogP contribution in [-0.2, 0) is 21.0 Å². The fourth-order valence-electron chi connectivity index (χ4n) is 3.21. The highest BCUT2D eigenvalue weighted by molar-refractivity contribution is 7.92. The van der Waals surface area contributed by atoms with Crippen LogP contribution in [0.5, 0.6) is 5.75 Å². The maximum Gasteiger partial charge on any atom is 0.416 e. The number of sulfonamides is 1.